The van der Waals surface area contributed by atoms with Crippen LogP contribution in [0, 0.1) is 0 Å². The summed E-state index contributed by atoms with van der Waals surface area (Å²) in [5, 5.41) is 5.60. The molecule has 2 aromatic rings. The average Bonchev–Trinajstić information content (AvgIpc) is 2.88. The lowest BCUT2D eigenvalue weighted by Crippen LogP contribution is -2.06. The summed E-state index contributed by atoms with van der Waals surface area (Å²) < 4.78 is 60.7. The minimum Gasteiger partial charge on any atom is -0.249 e. The zero-order chi connectivity index (χ0) is 15.7. The summed E-state index contributed by atoms with van der Waals surface area (Å²) in [6.07, 6.45) is -3.23. The van der Waals surface area contributed by atoms with Gasteiger partial charge in [0.05, 0.1) is 11.3 Å². The number of nitrogens with one attached hydrogen (secondary N) is 1. The Labute approximate surface area is 118 Å². The van der Waals surface area contributed by atoms with E-state index in [1.807, 2.05) is 0 Å². The van der Waals surface area contributed by atoms with Gasteiger partial charge in [-0.3, -0.25) is 0 Å². The highest BCUT2D eigenvalue weighted by Gasteiger charge is 2.30. The molecule has 0 radical (unpaired) electrons. The van der Waals surface area contributed by atoms with Gasteiger partial charge in [-0.1, -0.05) is 18.2 Å². The van der Waals surface area contributed by atoms with E-state index in [-0.39, 0.29) is 22.3 Å². The van der Waals surface area contributed by atoms with Crippen molar-refractivity contribution in [1.29, 1.82) is 0 Å². The van der Waals surface area contributed by atoms with Gasteiger partial charge < -0.3 is 0 Å². The number of hydrogen-bond donors (Lipinski definition) is 1. The van der Waals surface area contributed by atoms with E-state index in [4.69, 9.17) is 0 Å². The quantitative estimate of drug-likeness (QED) is 0.879. The number of nitrogens with zero attached hydrogens (tertiary/aromatic N) is 2. The number of aromatic nitrogens is 3. The Bertz CT molecular complexity index is 749. The van der Waals surface area contributed by atoms with Crippen LogP contribution in [0.15, 0.2) is 42.1 Å². The molecular formula is C12H10F3N3O2S. The van der Waals surface area contributed by atoms with Crippen molar-refractivity contribution in [2.75, 3.05) is 5.75 Å². The molecule has 0 bridgehead atoms. The summed E-state index contributed by atoms with van der Waals surface area (Å²) in [6.45, 7) is 3.32. The summed E-state index contributed by atoms with van der Waals surface area (Å²) in [7, 11) is -3.66. The van der Waals surface area contributed by atoms with Gasteiger partial charge in [0, 0.05) is 5.56 Å². The number of aromatic amines is 1. The number of alkyl halides is 3. The monoisotopic (exact) mass is 317 g/mol. The SMILES string of the molecule is C=CCS(=O)(=O)c1nc(-c2ccc(C(F)(F)F)cc2)n[nH]1. The number of hydrogen-bond acceptors (Lipinski definition) is 4. The van der Waals surface area contributed by atoms with Gasteiger partial charge in [0.15, 0.2) is 5.82 Å². The van der Waals surface area contributed by atoms with Crippen molar-refractivity contribution in [2.45, 2.75) is 11.3 Å². The largest absolute Gasteiger partial charge is 0.416 e. The van der Waals surface area contributed by atoms with Crippen LogP contribution in [0.25, 0.3) is 11.4 Å². The van der Waals surface area contributed by atoms with Crippen molar-refractivity contribution in [2.24, 2.45) is 0 Å². The van der Waals surface area contributed by atoms with Gasteiger partial charge in [-0.2, -0.15) is 23.3 Å². The lowest BCUT2D eigenvalue weighted by Gasteiger charge is -2.05. The molecule has 1 N–H and O–H groups in total. The normalized spacial score (nSPS) is 12.3. The van der Waals surface area contributed by atoms with Crippen molar-refractivity contribution < 1.29 is 21.6 Å². The summed E-state index contributed by atoms with van der Waals surface area (Å²) in [6, 6.07) is 4.11. The molecule has 0 spiro atoms. The second-order valence-corrected chi connectivity index (χ2v) is 6.06. The number of H-pyrrole nitrogens is 1. The van der Waals surface area contributed by atoms with Crippen LogP contribution in [-0.4, -0.2) is 29.4 Å². The predicted octanol–water partition coefficient (Wildman–Crippen LogP) is 2.45. The molecule has 0 amide bonds. The predicted molar refractivity (Wildman–Crippen MR) is 69.1 cm³/mol. The smallest absolute Gasteiger partial charge is 0.249 e. The minimum absolute atomic E-state index is 0.00589. The Hall–Kier alpha value is -2.16. The van der Waals surface area contributed by atoms with E-state index in [1.54, 1.807) is 0 Å². The lowest BCUT2D eigenvalue weighted by molar-refractivity contribution is -0.137. The van der Waals surface area contributed by atoms with Gasteiger partial charge in [0.25, 0.3) is 0 Å². The van der Waals surface area contributed by atoms with Crippen molar-refractivity contribution >= 4 is 9.84 Å². The fraction of sp³-hybridized carbons (Fsp3) is 0.167. The van der Waals surface area contributed by atoms with Crippen LogP contribution in [0.4, 0.5) is 13.2 Å². The molecular weight excluding hydrogens is 307 g/mol. The van der Waals surface area contributed by atoms with Gasteiger partial charge >= 0.3 is 6.18 Å². The van der Waals surface area contributed by atoms with Crippen LogP contribution in [-0.2, 0) is 16.0 Å². The van der Waals surface area contributed by atoms with Gasteiger partial charge in [-0.25, -0.2) is 13.5 Å². The van der Waals surface area contributed by atoms with Gasteiger partial charge in [0.1, 0.15) is 0 Å². The maximum absolute atomic E-state index is 12.4. The zero-order valence-electron chi connectivity index (χ0n) is 10.6. The van der Waals surface area contributed by atoms with Crippen molar-refractivity contribution in [3.05, 3.63) is 42.5 Å². The summed E-state index contributed by atoms with van der Waals surface area (Å²) in [4.78, 5) is 3.78. The molecule has 0 fully saturated rings. The maximum atomic E-state index is 12.4. The lowest BCUT2D eigenvalue weighted by atomic mass is 10.1. The van der Waals surface area contributed by atoms with Crippen LogP contribution in [0.2, 0.25) is 0 Å². The molecule has 0 aliphatic heterocycles. The third kappa shape index (κ3) is 3.30. The van der Waals surface area contributed by atoms with E-state index in [0.29, 0.717) is 0 Å². The fourth-order valence-electron chi connectivity index (χ4n) is 1.56. The highest BCUT2D eigenvalue weighted by molar-refractivity contribution is 7.91. The Morgan fingerprint density at radius 2 is 1.86 bits per heavy atom. The number of sulfone groups is 1. The Morgan fingerprint density at radius 1 is 1.24 bits per heavy atom. The van der Waals surface area contributed by atoms with Crippen LogP contribution in [0.1, 0.15) is 5.56 Å². The van der Waals surface area contributed by atoms with E-state index < -0.39 is 21.6 Å². The van der Waals surface area contributed by atoms with Crippen molar-refractivity contribution in [3.8, 4) is 11.4 Å². The van der Waals surface area contributed by atoms with E-state index >= 15 is 0 Å². The Morgan fingerprint density at radius 3 is 2.38 bits per heavy atom. The topological polar surface area (TPSA) is 75.7 Å². The van der Waals surface area contributed by atoms with Crippen LogP contribution in [0.3, 0.4) is 0 Å². The van der Waals surface area contributed by atoms with E-state index in [2.05, 4.69) is 21.8 Å². The Balaban J connectivity index is 2.32. The van der Waals surface area contributed by atoms with E-state index in [1.165, 1.54) is 18.2 Å². The molecule has 1 heterocycles. The van der Waals surface area contributed by atoms with E-state index in [0.717, 1.165) is 12.1 Å². The van der Waals surface area contributed by atoms with Crippen LogP contribution in [0.5, 0.6) is 0 Å². The molecule has 1 aromatic heterocycles. The first-order valence-electron chi connectivity index (χ1n) is 5.68. The van der Waals surface area contributed by atoms with Gasteiger partial charge in [0.2, 0.25) is 15.0 Å². The number of halogens is 3. The molecule has 0 unspecified atom stereocenters. The van der Waals surface area contributed by atoms with Gasteiger partial charge in [-0.15, -0.1) is 6.58 Å². The molecule has 0 saturated heterocycles. The standard InChI is InChI=1S/C12H10F3N3O2S/c1-2-7-21(19,20)11-16-10(17-18-11)8-3-5-9(6-4-8)12(13,14)15/h2-6H,1,7H2,(H,16,17,18). The molecule has 2 rings (SSSR count). The molecule has 21 heavy (non-hydrogen) atoms. The second-order valence-electron chi connectivity index (χ2n) is 4.11. The van der Waals surface area contributed by atoms with E-state index in [9.17, 15) is 21.6 Å². The fourth-order valence-corrected chi connectivity index (χ4v) is 2.44. The summed E-state index contributed by atoms with van der Waals surface area (Å²) >= 11 is 0. The molecule has 0 aliphatic carbocycles. The molecule has 9 heteroatoms. The zero-order valence-corrected chi connectivity index (χ0v) is 11.4. The molecule has 0 saturated carbocycles. The van der Waals surface area contributed by atoms with Gasteiger partial charge in [-0.05, 0) is 12.1 Å². The molecule has 112 valence electrons. The highest BCUT2D eigenvalue weighted by Crippen LogP contribution is 2.30. The third-order valence-electron chi connectivity index (χ3n) is 2.57. The number of rotatable bonds is 4. The van der Waals surface area contributed by atoms with Crippen molar-refractivity contribution in [1.82, 2.24) is 15.2 Å². The first-order valence-corrected chi connectivity index (χ1v) is 7.33. The number of benzene rings is 1. The minimum atomic E-state index is -4.43. The molecule has 0 aliphatic rings. The first-order chi connectivity index (χ1) is 9.74. The Kier molecular flexibility index (Phi) is 3.86. The molecule has 5 nitrogen and oxygen atoms in total. The van der Waals surface area contributed by atoms with Crippen LogP contribution >= 0.6 is 0 Å². The summed E-state index contributed by atoms with van der Waals surface area (Å²) in [5.74, 6) is -0.305. The average molecular weight is 317 g/mol. The maximum Gasteiger partial charge on any atom is 0.416 e. The molecule has 0 atom stereocenters. The summed E-state index contributed by atoms with van der Waals surface area (Å²) in [5.41, 5.74) is -0.527. The highest BCUT2D eigenvalue weighted by atomic mass is 32.2. The third-order valence-corrected chi connectivity index (χ3v) is 4.01. The van der Waals surface area contributed by atoms with Crippen molar-refractivity contribution in [3.63, 3.8) is 0 Å². The molecule has 1 aromatic carbocycles. The van der Waals surface area contributed by atoms with Crippen LogP contribution < -0.4 is 0 Å². The first kappa shape index (κ1) is 15.2. The second kappa shape index (κ2) is 5.32.